The summed E-state index contributed by atoms with van der Waals surface area (Å²) in [5.41, 5.74) is -0.890. The number of carbonyl (C=O) groups excluding carboxylic acids is 1. The lowest BCUT2D eigenvalue weighted by molar-refractivity contribution is -0.274. The van der Waals surface area contributed by atoms with Crippen molar-refractivity contribution in [3.8, 4) is 5.75 Å². The van der Waals surface area contributed by atoms with Crippen molar-refractivity contribution in [2.75, 3.05) is 4.90 Å². The van der Waals surface area contributed by atoms with Crippen molar-refractivity contribution in [2.24, 2.45) is 5.14 Å². The standard InChI is InChI=1S/C20H15Cl2F3N4O4S/c1-19(9-11-2-4-15(5-3-11)33-20(23,24)25)17(30)28(14-7-12(21)6-13(22)8-14)18-27-10-16(29(18)19)34(26,31)32/h2-8,10H,9H2,1H3,(H2,26,31,32)/t19-/m1/s1. The second-order valence-corrected chi connectivity index (χ2v) is 10.1. The molecule has 8 nitrogen and oxygen atoms in total. The zero-order valence-electron chi connectivity index (χ0n) is 17.2. The summed E-state index contributed by atoms with van der Waals surface area (Å²) in [7, 11) is -4.30. The second kappa shape index (κ2) is 8.15. The zero-order valence-corrected chi connectivity index (χ0v) is 19.5. The molecule has 0 fully saturated rings. The first-order valence-corrected chi connectivity index (χ1v) is 11.8. The van der Waals surface area contributed by atoms with E-state index in [0.717, 1.165) is 23.2 Å². The number of anilines is 2. The number of aromatic nitrogens is 2. The molecule has 3 aromatic rings. The summed E-state index contributed by atoms with van der Waals surface area (Å²) >= 11 is 12.2. The fourth-order valence-electron chi connectivity index (χ4n) is 3.84. The van der Waals surface area contributed by atoms with Crippen molar-refractivity contribution >= 4 is 50.8 Å². The number of fused-ring (bicyclic) bond motifs is 1. The quantitative estimate of drug-likeness (QED) is 0.522. The molecular weight excluding hydrogens is 520 g/mol. The van der Waals surface area contributed by atoms with Crippen LogP contribution < -0.4 is 14.8 Å². The van der Waals surface area contributed by atoms with Crippen LogP contribution in [0.15, 0.2) is 53.7 Å². The summed E-state index contributed by atoms with van der Waals surface area (Å²) in [6.07, 6.45) is -3.94. The highest BCUT2D eigenvalue weighted by Gasteiger charge is 2.51. The minimum atomic E-state index is -4.86. The van der Waals surface area contributed by atoms with Gasteiger partial charge in [0.25, 0.3) is 15.9 Å². The summed E-state index contributed by atoms with van der Waals surface area (Å²) < 4.78 is 66.9. The van der Waals surface area contributed by atoms with Crippen LogP contribution in [0.25, 0.3) is 0 Å². The number of amides is 1. The first kappa shape index (κ1) is 24.3. The fourth-order valence-corrected chi connectivity index (χ4v) is 5.09. The number of carbonyl (C=O) groups is 1. The molecular formula is C20H15Cl2F3N4O4S. The number of hydrogen-bond donors (Lipinski definition) is 1. The molecule has 4 rings (SSSR count). The molecule has 34 heavy (non-hydrogen) atoms. The third-order valence-electron chi connectivity index (χ3n) is 5.17. The van der Waals surface area contributed by atoms with Gasteiger partial charge in [0.2, 0.25) is 5.95 Å². The zero-order chi connectivity index (χ0) is 25.1. The van der Waals surface area contributed by atoms with Crippen LogP contribution in [0.4, 0.5) is 24.8 Å². The molecule has 2 aromatic carbocycles. The number of nitrogens with zero attached hydrogens (tertiary/aromatic N) is 3. The Labute approximate surface area is 201 Å². The number of sulfonamides is 1. The van der Waals surface area contributed by atoms with Crippen molar-refractivity contribution in [3.63, 3.8) is 0 Å². The molecule has 0 aliphatic carbocycles. The highest BCUT2D eigenvalue weighted by atomic mass is 35.5. The van der Waals surface area contributed by atoms with Crippen LogP contribution in [0.5, 0.6) is 5.75 Å². The molecule has 14 heteroatoms. The first-order chi connectivity index (χ1) is 15.7. The molecule has 1 aliphatic heterocycles. The molecule has 0 unspecified atom stereocenters. The normalized spacial score (nSPS) is 18.3. The predicted molar refractivity (Wildman–Crippen MR) is 118 cm³/mol. The molecule has 0 saturated heterocycles. The number of primary sulfonamides is 1. The van der Waals surface area contributed by atoms with E-state index in [-0.39, 0.29) is 28.1 Å². The van der Waals surface area contributed by atoms with Crippen LogP contribution in [0, 0.1) is 0 Å². The van der Waals surface area contributed by atoms with Crippen molar-refractivity contribution in [3.05, 3.63) is 64.3 Å². The number of ether oxygens (including phenoxy) is 1. The summed E-state index contributed by atoms with van der Waals surface area (Å²) in [4.78, 5) is 18.9. The molecule has 1 amide bonds. The Balaban J connectivity index is 1.81. The summed E-state index contributed by atoms with van der Waals surface area (Å²) in [6.45, 7) is 1.47. The van der Waals surface area contributed by atoms with Crippen LogP contribution in [0.2, 0.25) is 10.0 Å². The number of nitrogens with two attached hydrogens (primary N) is 1. The maximum atomic E-state index is 13.7. The first-order valence-electron chi connectivity index (χ1n) is 9.45. The monoisotopic (exact) mass is 534 g/mol. The van der Waals surface area contributed by atoms with Gasteiger partial charge < -0.3 is 4.74 Å². The van der Waals surface area contributed by atoms with Crippen molar-refractivity contribution in [2.45, 2.75) is 30.3 Å². The minimum Gasteiger partial charge on any atom is -0.406 e. The summed E-state index contributed by atoms with van der Waals surface area (Å²) in [5.74, 6) is -1.05. The van der Waals surface area contributed by atoms with Gasteiger partial charge in [-0.3, -0.25) is 9.36 Å². The van der Waals surface area contributed by atoms with E-state index in [0.29, 0.717) is 5.56 Å². The lowest BCUT2D eigenvalue weighted by atomic mass is 9.92. The number of halogens is 5. The van der Waals surface area contributed by atoms with Gasteiger partial charge in [-0.15, -0.1) is 13.2 Å². The van der Waals surface area contributed by atoms with Crippen molar-refractivity contribution in [1.82, 2.24) is 9.55 Å². The Morgan fingerprint density at radius 2 is 1.71 bits per heavy atom. The van der Waals surface area contributed by atoms with Gasteiger partial charge in [-0.25, -0.2) is 23.4 Å². The molecule has 180 valence electrons. The van der Waals surface area contributed by atoms with E-state index in [2.05, 4.69) is 9.72 Å². The average Bonchev–Trinajstić information content (AvgIpc) is 3.21. The Morgan fingerprint density at radius 3 is 2.24 bits per heavy atom. The Kier molecular flexibility index (Phi) is 5.83. The van der Waals surface area contributed by atoms with Gasteiger partial charge in [-0.2, -0.15) is 0 Å². The van der Waals surface area contributed by atoms with Gasteiger partial charge in [0.1, 0.15) is 11.3 Å². The topological polar surface area (TPSA) is 108 Å². The van der Waals surface area contributed by atoms with Crippen LogP contribution in [0.3, 0.4) is 0 Å². The van der Waals surface area contributed by atoms with Crippen LogP contribution >= 0.6 is 23.2 Å². The molecule has 1 aromatic heterocycles. The molecule has 0 saturated carbocycles. The third kappa shape index (κ3) is 4.45. The Bertz CT molecular complexity index is 1370. The van der Waals surface area contributed by atoms with Crippen LogP contribution in [-0.2, 0) is 26.8 Å². The molecule has 2 N–H and O–H groups in total. The fraction of sp³-hybridized carbons (Fsp3) is 0.200. The number of alkyl halides is 3. The molecule has 2 heterocycles. The maximum Gasteiger partial charge on any atom is 0.573 e. The third-order valence-corrected chi connectivity index (χ3v) is 6.48. The maximum absolute atomic E-state index is 13.7. The van der Waals surface area contributed by atoms with Gasteiger partial charge in [0, 0.05) is 16.5 Å². The van der Waals surface area contributed by atoms with E-state index < -0.39 is 38.6 Å². The molecule has 0 bridgehead atoms. The number of imidazole rings is 1. The van der Waals surface area contributed by atoms with Gasteiger partial charge in [-0.05, 0) is 42.8 Å². The van der Waals surface area contributed by atoms with Gasteiger partial charge in [-0.1, -0.05) is 35.3 Å². The second-order valence-electron chi connectivity index (χ2n) is 7.69. The smallest absolute Gasteiger partial charge is 0.406 e. The SMILES string of the molecule is C[C@@]1(Cc2ccc(OC(F)(F)F)cc2)C(=O)N(c2cc(Cl)cc(Cl)c2)c2ncc(S(N)(=O)=O)n21. The largest absolute Gasteiger partial charge is 0.573 e. The molecule has 1 aliphatic rings. The number of rotatable bonds is 5. The van der Waals surface area contributed by atoms with Gasteiger partial charge >= 0.3 is 6.36 Å². The number of hydrogen-bond acceptors (Lipinski definition) is 5. The van der Waals surface area contributed by atoms with Gasteiger partial charge in [0.05, 0.1) is 11.9 Å². The average molecular weight is 535 g/mol. The van der Waals surface area contributed by atoms with E-state index in [1.807, 2.05) is 0 Å². The summed E-state index contributed by atoms with van der Waals surface area (Å²) in [5, 5.41) is 5.41. The van der Waals surface area contributed by atoms with E-state index in [1.165, 1.54) is 41.8 Å². The summed E-state index contributed by atoms with van der Waals surface area (Å²) in [6, 6.07) is 9.23. The number of benzene rings is 2. The Hall–Kier alpha value is -2.80. The van der Waals surface area contributed by atoms with E-state index in [1.54, 1.807) is 0 Å². The predicted octanol–water partition coefficient (Wildman–Crippen LogP) is 4.37. The molecule has 0 spiro atoms. The van der Waals surface area contributed by atoms with Crippen LogP contribution in [0.1, 0.15) is 12.5 Å². The van der Waals surface area contributed by atoms with Crippen LogP contribution in [-0.4, -0.2) is 30.2 Å². The highest BCUT2D eigenvalue weighted by Crippen LogP contribution is 2.44. The van der Waals surface area contributed by atoms with E-state index >= 15 is 0 Å². The lowest BCUT2D eigenvalue weighted by Crippen LogP contribution is -2.42. The van der Waals surface area contributed by atoms with E-state index in [4.69, 9.17) is 28.3 Å². The highest BCUT2D eigenvalue weighted by molar-refractivity contribution is 7.89. The Morgan fingerprint density at radius 1 is 1.12 bits per heavy atom. The van der Waals surface area contributed by atoms with E-state index in [9.17, 15) is 26.4 Å². The minimum absolute atomic E-state index is 0.0353. The van der Waals surface area contributed by atoms with Crippen molar-refractivity contribution in [1.29, 1.82) is 0 Å². The molecule has 1 atom stereocenters. The lowest BCUT2D eigenvalue weighted by Gasteiger charge is -2.26. The molecule has 0 radical (unpaired) electrons. The van der Waals surface area contributed by atoms with Crippen molar-refractivity contribution < 1.29 is 31.1 Å². The van der Waals surface area contributed by atoms with Gasteiger partial charge in [0.15, 0.2) is 5.03 Å².